The molecule has 1 heterocycles. The fraction of sp³-hybridized carbons (Fsp3) is 0.273. The number of benzene rings is 1. The maximum absolute atomic E-state index is 11.6. The van der Waals surface area contributed by atoms with Crippen molar-refractivity contribution in [2.45, 2.75) is 11.3 Å². The van der Waals surface area contributed by atoms with Gasteiger partial charge in [-0.1, -0.05) is 11.2 Å². The molecule has 2 rings (SSSR count). The molecule has 21 heavy (non-hydrogen) atoms. The number of rotatable bonds is 6. The van der Waals surface area contributed by atoms with E-state index in [1.807, 2.05) is 0 Å². The highest BCUT2D eigenvalue weighted by Crippen LogP contribution is 2.31. The zero-order chi connectivity index (χ0) is 15.5. The molecule has 9 nitrogen and oxygen atoms in total. The number of aromatic nitrogens is 2. The van der Waals surface area contributed by atoms with Gasteiger partial charge in [0.05, 0.1) is 4.92 Å². The first kappa shape index (κ1) is 14.9. The van der Waals surface area contributed by atoms with Crippen LogP contribution in [0.2, 0.25) is 0 Å². The molecule has 0 unspecified atom stereocenters. The zero-order valence-corrected chi connectivity index (χ0v) is 11.8. The number of nitro groups is 1. The number of hydrogen-bond donors (Lipinski definition) is 1. The Morgan fingerprint density at radius 1 is 1.43 bits per heavy atom. The number of nitrogens with one attached hydrogen (secondary N) is 1. The van der Waals surface area contributed by atoms with Crippen molar-refractivity contribution in [3.63, 3.8) is 0 Å². The molecule has 10 heteroatoms. The summed E-state index contributed by atoms with van der Waals surface area (Å²) in [5.74, 6) is 0.449. The second kappa shape index (κ2) is 5.87. The maximum atomic E-state index is 11.6. The Hall–Kier alpha value is -2.49. The van der Waals surface area contributed by atoms with Crippen molar-refractivity contribution in [1.82, 2.24) is 10.1 Å². The maximum Gasteiger partial charge on any atom is 0.310 e. The molecule has 0 aliphatic heterocycles. The van der Waals surface area contributed by atoms with Crippen LogP contribution in [0.25, 0.3) is 0 Å². The highest BCUT2D eigenvalue weighted by Gasteiger charge is 2.25. The minimum absolute atomic E-state index is 0.131. The summed E-state index contributed by atoms with van der Waals surface area (Å²) in [6.45, 7) is 0.299. The van der Waals surface area contributed by atoms with Crippen LogP contribution in [0.3, 0.4) is 0 Å². The molecular formula is C11H12N4O5S. The largest absolute Gasteiger partial charge is 0.379 e. The van der Waals surface area contributed by atoms with E-state index in [0.717, 1.165) is 6.26 Å². The molecule has 0 aliphatic carbocycles. The van der Waals surface area contributed by atoms with E-state index in [4.69, 9.17) is 0 Å². The van der Waals surface area contributed by atoms with Crippen molar-refractivity contribution in [2.24, 2.45) is 0 Å². The van der Waals surface area contributed by atoms with E-state index in [-0.39, 0.29) is 10.6 Å². The molecule has 112 valence electrons. The number of nitro benzene ring substituents is 1. The van der Waals surface area contributed by atoms with Crippen LogP contribution in [-0.2, 0) is 16.3 Å². The van der Waals surface area contributed by atoms with Crippen molar-refractivity contribution in [3.05, 3.63) is 40.5 Å². The summed E-state index contributed by atoms with van der Waals surface area (Å²) in [5, 5.41) is 17.6. The van der Waals surface area contributed by atoms with E-state index < -0.39 is 20.4 Å². The second-order valence-corrected chi connectivity index (χ2v) is 6.19. The molecule has 0 fully saturated rings. The number of anilines is 1. The van der Waals surface area contributed by atoms with Gasteiger partial charge in [-0.15, -0.1) is 0 Å². The smallest absolute Gasteiger partial charge is 0.310 e. The monoisotopic (exact) mass is 312 g/mol. The third-order valence-electron chi connectivity index (χ3n) is 2.65. The molecule has 0 radical (unpaired) electrons. The Morgan fingerprint density at radius 2 is 2.19 bits per heavy atom. The van der Waals surface area contributed by atoms with Gasteiger partial charge in [-0.25, -0.2) is 8.42 Å². The SMILES string of the molecule is CS(=O)(=O)c1cccc(NCCc2ncon2)c1[N+](=O)[O-]. The Labute approximate surface area is 120 Å². The Bertz CT molecular complexity index is 742. The van der Waals surface area contributed by atoms with Gasteiger partial charge in [0.2, 0.25) is 6.39 Å². The topological polar surface area (TPSA) is 128 Å². The minimum Gasteiger partial charge on any atom is -0.379 e. The van der Waals surface area contributed by atoms with Crippen molar-refractivity contribution in [3.8, 4) is 0 Å². The van der Waals surface area contributed by atoms with Crippen LogP contribution in [0.5, 0.6) is 0 Å². The Kier molecular flexibility index (Phi) is 4.17. The van der Waals surface area contributed by atoms with E-state index in [9.17, 15) is 18.5 Å². The summed E-state index contributed by atoms with van der Waals surface area (Å²) >= 11 is 0. The molecule has 2 aromatic rings. The quantitative estimate of drug-likeness (QED) is 0.618. The highest BCUT2D eigenvalue weighted by molar-refractivity contribution is 7.90. The second-order valence-electron chi connectivity index (χ2n) is 4.21. The van der Waals surface area contributed by atoms with Crippen molar-refractivity contribution in [1.29, 1.82) is 0 Å². The average molecular weight is 312 g/mol. The first-order valence-electron chi connectivity index (χ1n) is 5.86. The van der Waals surface area contributed by atoms with Gasteiger partial charge in [0.25, 0.3) is 0 Å². The average Bonchev–Trinajstić information content (AvgIpc) is 2.90. The molecular weight excluding hydrogens is 300 g/mol. The molecule has 1 aromatic carbocycles. The number of nitrogens with zero attached hydrogens (tertiary/aromatic N) is 3. The van der Waals surface area contributed by atoms with Gasteiger partial charge < -0.3 is 9.84 Å². The third kappa shape index (κ3) is 3.54. The Morgan fingerprint density at radius 3 is 2.76 bits per heavy atom. The lowest BCUT2D eigenvalue weighted by Gasteiger charge is -2.08. The summed E-state index contributed by atoms with van der Waals surface area (Å²) in [7, 11) is -3.69. The summed E-state index contributed by atoms with van der Waals surface area (Å²) in [5.41, 5.74) is -0.334. The van der Waals surface area contributed by atoms with E-state index in [2.05, 4.69) is 20.0 Å². The fourth-order valence-corrected chi connectivity index (χ4v) is 2.63. The predicted octanol–water partition coefficient (Wildman–Crippen LogP) is 1.04. The molecule has 0 bridgehead atoms. The molecule has 0 atom stereocenters. The molecule has 0 saturated heterocycles. The van der Waals surface area contributed by atoms with Crippen LogP contribution in [0.4, 0.5) is 11.4 Å². The molecule has 0 spiro atoms. The summed E-state index contributed by atoms with van der Waals surface area (Å²) in [6, 6.07) is 4.10. The molecule has 0 saturated carbocycles. The van der Waals surface area contributed by atoms with Crippen molar-refractivity contribution >= 4 is 21.2 Å². The summed E-state index contributed by atoms with van der Waals surface area (Å²) in [4.78, 5) is 13.9. The van der Waals surface area contributed by atoms with Crippen LogP contribution >= 0.6 is 0 Å². The number of hydrogen-bond acceptors (Lipinski definition) is 8. The lowest BCUT2D eigenvalue weighted by Crippen LogP contribution is -2.10. The normalized spacial score (nSPS) is 11.3. The van der Waals surface area contributed by atoms with Crippen LogP contribution in [-0.4, -0.2) is 36.3 Å². The van der Waals surface area contributed by atoms with Gasteiger partial charge in [-0.2, -0.15) is 4.98 Å². The minimum atomic E-state index is -3.69. The lowest BCUT2D eigenvalue weighted by molar-refractivity contribution is -0.386. The first-order valence-corrected chi connectivity index (χ1v) is 7.75. The highest BCUT2D eigenvalue weighted by atomic mass is 32.2. The standard InChI is InChI=1S/C11H12N4O5S/c1-21(18,19)9-4-2-3-8(11(9)15(16)17)12-6-5-10-13-7-20-14-10/h2-4,7,12H,5-6H2,1H3. The summed E-state index contributed by atoms with van der Waals surface area (Å²) < 4.78 is 27.8. The van der Waals surface area contributed by atoms with Gasteiger partial charge in [-0.3, -0.25) is 10.1 Å². The molecule has 1 aromatic heterocycles. The molecule has 1 N–H and O–H groups in total. The molecule has 0 amide bonds. The fourth-order valence-electron chi connectivity index (χ4n) is 1.76. The van der Waals surface area contributed by atoms with Crippen molar-refractivity contribution in [2.75, 3.05) is 18.1 Å². The van der Waals surface area contributed by atoms with Crippen LogP contribution in [0, 0.1) is 10.1 Å². The van der Waals surface area contributed by atoms with Crippen LogP contribution < -0.4 is 5.32 Å². The van der Waals surface area contributed by atoms with Gasteiger partial charge in [0, 0.05) is 19.2 Å². The van der Waals surface area contributed by atoms with Crippen LogP contribution in [0.15, 0.2) is 34.0 Å². The summed E-state index contributed by atoms with van der Waals surface area (Å²) in [6.07, 6.45) is 2.50. The molecule has 0 aliphatic rings. The zero-order valence-electron chi connectivity index (χ0n) is 11.0. The van der Waals surface area contributed by atoms with E-state index >= 15 is 0 Å². The third-order valence-corrected chi connectivity index (χ3v) is 3.78. The predicted molar refractivity (Wildman–Crippen MR) is 72.7 cm³/mol. The van der Waals surface area contributed by atoms with E-state index in [0.29, 0.717) is 18.8 Å². The van der Waals surface area contributed by atoms with Gasteiger partial charge >= 0.3 is 5.69 Å². The van der Waals surface area contributed by atoms with E-state index in [1.165, 1.54) is 24.6 Å². The van der Waals surface area contributed by atoms with Crippen LogP contribution in [0.1, 0.15) is 5.82 Å². The van der Waals surface area contributed by atoms with Crippen molar-refractivity contribution < 1.29 is 17.9 Å². The van der Waals surface area contributed by atoms with Gasteiger partial charge in [-0.05, 0) is 12.1 Å². The van der Waals surface area contributed by atoms with Gasteiger partial charge in [0.15, 0.2) is 15.7 Å². The van der Waals surface area contributed by atoms with Gasteiger partial charge in [0.1, 0.15) is 10.6 Å². The van der Waals surface area contributed by atoms with E-state index in [1.54, 1.807) is 0 Å². The first-order chi connectivity index (χ1) is 9.89. The lowest BCUT2D eigenvalue weighted by atomic mass is 10.2. The number of sulfone groups is 1. The number of para-hydroxylation sites is 1. The Balaban J connectivity index is 2.24.